The zero-order valence-corrected chi connectivity index (χ0v) is 23.2. The van der Waals surface area contributed by atoms with Gasteiger partial charge >= 0.3 is 0 Å². The largest absolute Gasteiger partial charge is 0.495 e. The van der Waals surface area contributed by atoms with Crippen LogP contribution in [0.5, 0.6) is 5.75 Å². The van der Waals surface area contributed by atoms with Crippen molar-refractivity contribution < 1.29 is 13.9 Å². The summed E-state index contributed by atoms with van der Waals surface area (Å²) in [6.07, 6.45) is 1.56. The predicted molar refractivity (Wildman–Crippen MR) is 158 cm³/mol. The number of ether oxygens (including phenoxy) is 1. The van der Waals surface area contributed by atoms with Gasteiger partial charge in [-0.1, -0.05) is 59.6 Å². The SMILES string of the molecule is COc1ccccc1NC(=O)/C(C#N)=c1\s/c(=C/c2ccc(-c3cccc(Cl)c3Cl)o2)c(=O)n1-c1ccccc1. The van der Waals surface area contributed by atoms with E-state index in [1.54, 1.807) is 84.9 Å². The molecule has 0 radical (unpaired) electrons. The van der Waals surface area contributed by atoms with Gasteiger partial charge in [0.15, 0.2) is 5.57 Å². The lowest BCUT2D eigenvalue weighted by molar-refractivity contribution is -0.111. The number of nitrogens with zero attached hydrogens (tertiary/aromatic N) is 2. The highest BCUT2D eigenvalue weighted by molar-refractivity contribution is 7.07. The molecule has 2 heterocycles. The number of anilines is 1. The molecule has 0 saturated heterocycles. The first kappa shape index (κ1) is 27.0. The first-order chi connectivity index (χ1) is 19.4. The average molecular weight is 588 g/mol. The molecule has 198 valence electrons. The van der Waals surface area contributed by atoms with Crippen molar-refractivity contribution in [3.8, 4) is 28.8 Å². The van der Waals surface area contributed by atoms with Crippen LogP contribution in [-0.4, -0.2) is 17.6 Å². The number of carbonyl (C=O) groups is 1. The molecule has 7 nitrogen and oxygen atoms in total. The fourth-order valence-corrected chi connectivity index (χ4v) is 5.46. The third-order valence-corrected chi connectivity index (χ3v) is 7.77. The van der Waals surface area contributed by atoms with Gasteiger partial charge in [-0.25, -0.2) is 0 Å². The van der Waals surface area contributed by atoms with Crippen molar-refractivity contribution in [3.63, 3.8) is 0 Å². The Morgan fingerprint density at radius 3 is 2.52 bits per heavy atom. The number of halogens is 2. The number of furan rings is 1. The normalized spacial score (nSPS) is 12.1. The number of nitrogens with one attached hydrogen (secondary N) is 1. The zero-order valence-electron chi connectivity index (χ0n) is 20.9. The Morgan fingerprint density at radius 2 is 1.77 bits per heavy atom. The van der Waals surface area contributed by atoms with E-state index in [0.29, 0.717) is 44.3 Å². The average Bonchev–Trinajstić information content (AvgIpc) is 3.56. The lowest BCUT2D eigenvalue weighted by Crippen LogP contribution is -2.32. The minimum atomic E-state index is -0.680. The van der Waals surface area contributed by atoms with Crippen molar-refractivity contribution in [2.75, 3.05) is 12.4 Å². The lowest BCUT2D eigenvalue weighted by atomic mass is 10.2. The van der Waals surface area contributed by atoms with Crippen LogP contribution >= 0.6 is 34.5 Å². The summed E-state index contributed by atoms with van der Waals surface area (Å²) < 4.78 is 13.0. The van der Waals surface area contributed by atoms with E-state index in [-0.39, 0.29) is 14.8 Å². The van der Waals surface area contributed by atoms with Gasteiger partial charge in [-0.3, -0.25) is 14.2 Å². The van der Waals surface area contributed by atoms with Crippen LogP contribution in [-0.2, 0) is 4.79 Å². The van der Waals surface area contributed by atoms with E-state index in [1.807, 2.05) is 12.1 Å². The minimum Gasteiger partial charge on any atom is -0.495 e. The van der Waals surface area contributed by atoms with E-state index in [9.17, 15) is 14.9 Å². The fraction of sp³-hybridized carbons (Fsp3) is 0.0333. The molecule has 40 heavy (non-hydrogen) atoms. The van der Waals surface area contributed by atoms with Gasteiger partial charge in [0.25, 0.3) is 11.5 Å². The highest BCUT2D eigenvalue weighted by Gasteiger charge is 2.19. The number of nitriles is 1. The Balaban J connectivity index is 1.67. The molecule has 0 saturated carbocycles. The molecule has 10 heteroatoms. The fourth-order valence-electron chi connectivity index (χ4n) is 3.99. The van der Waals surface area contributed by atoms with Crippen molar-refractivity contribution in [3.05, 3.63) is 120 Å². The molecular formula is C30H19Cl2N3O4S. The smallest absolute Gasteiger partial charge is 0.273 e. The van der Waals surface area contributed by atoms with Gasteiger partial charge in [0, 0.05) is 11.6 Å². The number of hydrogen-bond donors (Lipinski definition) is 1. The molecule has 0 aliphatic heterocycles. The van der Waals surface area contributed by atoms with E-state index in [2.05, 4.69) is 5.32 Å². The van der Waals surface area contributed by atoms with Gasteiger partial charge < -0.3 is 14.5 Å². The summed E-state index contributed by atoms with van der Waals surface area (Å²) in [7, 11) is 1.48. The summed E-state index contributed by atoms with van der Waals surface area (Å²) in [5, 5.41) is 13.5. The number of rotatable bonds is 6. The third kappa shape index (κ3) is 5.31. The summed E-state index contributed by atoms with van der Waals surface area (Å²) in [6.45, 7) is 0. The number of benzene rings is 3. The molecule has 0 atom stereocenters. The molecule has 0 aliphatic carbocycles. The number of methoxy groups -OCH3 is 1. The van der Waals surface area contributed by atoms with Crippen molar-refractivity contribution in [1.29, 1.82) is 5.26 Å². The number of aromatic nitrogens is 1. The van der Waals surface area contributed by atoms with Crippen LogP contribution in [0.3, 0.4) is 0 Å². The highest BCUT2D eigenvalue weighted by Crippen LogP contribution is 2.34. The van der Waals surface area contributed by atoms with Crippen molar-refractivity contribution in [1.82, 2.24) is 4.57 Å². The Morgan fingerprint density at radius 1 is 1.02 bits per heavy atom. The van der Waals surface area contributed by atoms with Gasteiger partial charge in [0.2, 0.25) is 0 Å². The summed E-state index contributed by atoms with van der Waals surface area (Å²) in [5.74, 6) is 0.607. The molecule has 2 aromatic heterocycles. The maximum atomic E-state index is 13.7. The van der Waals surface area contributed by atoms with Crippen molar-refractivity contribution in [2.45, 2.75) is 0 Å². The number of hydrogen-bond acceptors (Lipinski definition) is 6. The minimum absolute atomic E-state index is 0.169. The zero-order chi connectivity index (χ0) is 28.2. The van der Waals surface area contributed by atoms with E-state index in [0.717, 1.165) is 11.3 Å². The van der Waals surface area contributed by atoms with Gasteiger partial charge in [-0.2, -0.15) is 5.26 Å². The number of para-hydroxylation sites is 3. The topological polar surface area (TPSA) is 97.3 Å². The second-order valence-electron chi connectivity index (χ2n) is 8.34. The van der Waals surface area contributed by atoms with Crippen LogP contribution < -0.4 is 24.8 Å². The quantitative estimate of drug-likeness (QED) is 0.278. The van der Waals surface area contributed by atoms with Crippen LogP contribution in [0.4, 0.5) is 5.69 Å². The molecular weight excluding hydrogens is 569 g/mol. The number of thiazole rings is 1. The van der Waals surface area contributed by atoms with Gasteiger partial charge in [-0.05, 0) is 48.5 Å². The maximum Gasteiger partial charge on any atom is 0.273 e. The second-order valence-corrected chi connectivity index (χ2v) is 10.2. The van der Waals surface area contributed by atoms with E-state index in [4.69, 9.17) is 32.4 Å². The monoisotopic (exact) mass is 587 g/mol. The van der Waals surface area contributed by atoms with Crippen molar-refractivity contribution >= 4 is 57.8 Å². The molecule has 1 N–H and O–H groups in total. The Bertz CT molecular complexity index is 1950. The summed E-state index contributed by atoms with van der Waals surface area (Å²) in [5.41, 5.74) is 0.852. The Kier molecular flexibility index (Phi) is 7.89. The Hall–Kier alpha value is -4.55. The van der Waals surface area contributed by atoms with Crippen LogP contribution in [0.2, 0.25) is 10.0 Å². The maximum absolute atomic E-state index is 13.7. The summed E-state index contributed by atoms with van der Waals surface area (Å²) in [4.78, 5) is 27.0. The van der Waals surface area contributed by atoms with Crippen LogP contribution in [0.15, 0.2) is 94.1 Å². The van der Waals surface area contributed by atoms with E-state index >= 15 is 0 Å². The first-order valence-corrected chi connectivity index (χ1v) is 13.4. The lowest BCUT2D eigenvalue weighted by Gasteiger charge is -2.09. The molecule has 5 aromatic rings. The van der Waals surface area contributed by atoms with Crippen LogP contribution in [0.1, 0.15) is 5.76 Å². The van der Waals surface area contributed by atoms with Crippen molar-refractivity contribution in [2.24, 2.45) is 0 Å². The van der Waals surface area contributed by atoms with E-state index < -0.39 is 11.5 Å². The molecule has 0 unspecified atom stereocenters. The highest BCUT2D eigenvalue weighted by atomic mass is 35.5. The Labute approximate surface area is 242 Å². The molecule has 1 amide bonds. The number of carbonyl (C=O) groups excluding carboxylic acids is 1. The summed E-state index contributed by atoms with van der Waals surface area (Å²) in [6, 6.07) is 26.2. The molecule has 3 aromatic carbocycles. The predicted octanol–water partition coefficient (Wildman–Crippen LogP) is 5.62. The van der Waals surface area contributed by atoms with Gasteiger partial charge in [-0.15, -0.1) is 11.3 Å². The third-order valence-electron chi connectivity index (χ3n) is 5.86. The molecule has 0 spiro atoms. The molecule has 0 fully saturated rings. The summed E-state index contributed by atoms with van der Waals surface area (Å²) >= 11 is 13.5. The number of amides is 1. The second kappa shape index (κ2) is 11.7. The van der Waals surface area contributed by atoms with Crippen LogP contribution in [0.25, 0.3) is 28.7 Å². The van der Waals surface area contributed by atoms with Gasteiger partial charge in [0.05, 0.1) is 33.1 Å². The van der Waals surface area contributed by atoms with Gasteiger partial charge in [0.1, 0.15) is 28.0 Å². The first-order valence-electron chi connectivity index (χ1n) is 11.8. The van der Waals surface area contributed by atoms with E-state index in [1.165, 1.54) is 11.7 Å². The molecule has 0 aliphatic rings. The molecule has 0 bridgehead atoms. The standard InChI is InChI=1S/C30H19Cl2N3O4S/c1-38-25-13-6-5-12-23(25)34-28(36)21(17-33)30-35(18-8-3-2-4-9-18)29(37)26(40-30)16-19-14-15-24(39-19)20-10-7-11-22(31)27(20)32/h2-16H,1H3,(H,34,36)/b26-16+,30-21-. The molecule has 5 rings (SSSR count). The van der Waals surface area contributed by atoms with Crippen LogP contribution in [0, 0.1) is 11.3 Å².